The number of carboxylic acids is 1. The van der Waals surface area contributed by atoms with E-state index in [1.807, 2.05) is 0 Å². The summed E-state index contributed by atoms with van der Waals surface area (Å²) in [6.45, 7) is 1.29. The monoisotopic (exact) mass is 340 g/mol. The molecule has 3 N–H and O–H groups in total. The predicted octanol–water partition coefficient (Wildman–Crippen LogP) is 2.21. The lowest BCUT2D eigenvalue weighted by molar-refractivity contribution is -0.114. The summed E-state index contributed by atoms with van der Waals surface area (Å²) < 4.78 is 26.6. The molecule has 0 radical (unpaired) electrons. The van der Waals surface area contributed by atoms with Gasteiger partial charge in [-0.15, -0.1) is 11.3 Å². The smallest absolute Gasteiger partial charge is 0.337 e. The lowest BCUT2D eigenvalue weighted by Gasteiger charge is -2.11. The number of anilines is 2. The van der Waals surface area contributed by atoms with Crippen LogP contribution in [0, 0.1) is 0 Å². The Hall–Kier alpha value is -2.39. The van der Waals surface area contributed by atoms with E-state index >= 15 is 0 Å². The Labute approximate surface area is 130 Å². The number of carbonyl (C=O) groups is 2. The Bertz CT molecular complexity index is 813. The average molecular weight is 340 g/mol. The van der Waals surface area contributed by atoms with Crippen molar-refractivity contribution in [1.82, 2.24) is 0 Å². The topological polar surface area (TPSA) is 113 Å². The van der Waals surface area contributed by atoms with Gasteiger partial charge >= 0.3 is 5.97 Å². The van der Waals surface area contributed by atoms with E-state index in [2.05, 4.69) is 10.0 Å². The number of thiophene rings is 1. The molecule has 22 heavy (non-hydrogen) atoms. The lowest BCUT2D eigenvalue weighted by atomic mass is 10.1. The maximum atomic E-state index is 12.1. The number of carbonyl (C=O) groups excluding carboxylic acids is 1. The maximum absolute atomic E-state index is 12.1. The molecule has 7 nitrogen and oxygen atoms in total. The Kier molecular flexibility index (Phi) is 4.48. The summed E-state index contributed by atoms with van der Waals surface area (Å²) in [5.74, 6) is -1.67. The molecule has 116 valence electrons. The first-order valence-corrected chi connectivity index (χ1v) is 8.37. The molecule has 1 aromatic carbocycles. The second-order valence-electron chi connectivity index (χ2n) is 4.28. The van der Waals surface area contributed by atoms with E-state index in [9.17, 15) is 23.1 Å². The third kappa shape index (κ3) is 3.62. The van der Waals surface area contributed by atoms with Gasteiger partial charge in [0.05, 0.1) is 11.3 Å². The minimum Gasteiger partial charge on any atom is -0.478 e. The van der Waals surface area contributed by atoms with E-state index in [1.165, 1.54) is 31.2 Å². The van der Waals surface area contributed by atoms with Crippen LogP contribution in [0.15, 0.2) is 39.9 Å². The first-order chi connectivity index (χ1) is 10.3. The van der Waals surface area contributed by atoms with Gasteiger partial charge in [-0.1, -0.05) is 6.07 Å². The summed E-state index contributed by atoms with van der Waals surface area (Å²) in [4.78, 5) is 22.3. The molecule has 2 aromatic rings. The number of sulfonamides is 1. The minimum absolute atomic E-state index is 0.0741. The second kappa shape index (κ2) is 6.16. The van der Waals surface area contributed by atoms with Crippen LogP contribution in [0.1, 0.15) is 17.3 Å². The van der Waals surface area contributed by atoms with Gasteiger partial charge in [0.25, 0.3) is 10.0 Å². The fourth-order valence-corrected chi connectivity index (χ4v) is 3.78. The van der Waals surface area contributed by atoms with Crippen LogP contribution in [0.5, 0.6) is 0 Å². The van der Waals surface area contributed by atoms with Gasteiger partial charge in [-0.3, -0.25) is 9.52 Å². The minimum atomic E-state index is -3.84. The van der Waals surface area contributed by atoms with Crippen LogP contribution in [0.4, 0.5) is 11.4 Å². The molecule has 0 aliphatic heterocycles. The zero-order chi connectivity index (χ0) is 16.3. The molecule has 0 unspecified atom stereocenters. The van der Waals surface area contributed by atoms with Gasteiger partial charge in [0, 0.05) is 12.6 Å². The van der Waals surface area contributed by atoms with E-state index in [1.54, 1.807) is 11.4 Å². The maximum Gasteiger partial charge on any atom is 0.337 e. The quantitative estimate of drug-likeness (QED) is 0.772. The highest BCUT2D eigenvalue weighted by Gasteiger charge is 2.19. The molecule has 2 rings (SSSR count). The van der Waals surface area contributed by atoms with Crippen molar-refractivity contribution in [2.45, 2.75) is 11.1 Å². The van der Waals surface area contributed by atoms with Crippen LogP contribution < -0.4 is 10.0 Å². The number of rotatable bonds is 5. The molecular weight excluding hydrogens is 328 g/mol. The fourth-order valence-electron chi connectivity index (χ4n) is 1.70. The Morgan fingerprint density at radius 3 is 2.50 bits per heavy atom. The highest BCUT2D eigenvalue weighted by atomic mass is 32.2. The first kappa shape index (κ1) is 16.0. The van der Waals surface area contributed by atoms with Crippen molar-refractivity contribution in [3.8, 4) is 0 Å². The Balaban J connectivity index is 2.39. The van der Waals surface area contributed by atoms with Crippen LogP contribution in [0.25, 0.3) is 0 Å². The van der Waals surface area contributed by atoms with Gasteiger partial charge in [-0.05, 0) is 29.6 Å². The van der Waals surface area contributed by atoms with Crippen LogP contribution in [0.3, 0.4) is 0 Å². The first-order valence-electron chi connectivity index (χ1n) is 6.01. The van der Waals surface area contributed by atoms with Gasteiger partial charge in [-0.2, -0.15) is 0 Å². The molecule has 1 aromatic heterocycles. The standard InChI is InChI=1S/C13H12N2O5S2/c1-8(16)14-9-4-5-11(10(7-9)13(17)18)15-22(19,20)12-3-2-6-21-12/h2-7,15H,1H3,(H,14,16)(H,17,18). The lowest BCUT2D eigenvalue weighted by Crippen LogP contribution is -2.15. The van der Waals surface area contributed by atoms with Gasteiger partial charge in [-0.25, -0.2) is 13.2 Å². The van der Waals surface area contributed by atoms with Crippen molar-refractivity contribution >= 4 is 44.6 Å². The number of hydrogen-bond acceptors (Lipinski definition) is 5. The van der Waals surface area contributed by atoms with Crippen LogP contribution in [-0.2, 0) is 14.8 Å². The van der Waals surface area contributed by atoms with Crippen molar-refractivity contribution < 1.29 is 23.1 Å². The van der Waals surface area contributed by atoms with E-state index in [0.29, 0.717) is 0 Å². The molecule has 0 aliphatic rings. The summed E-state index contributed by atoms with van der Waals surface area (Å²) in [6, 6.07) is 6.90. The zero-order valence-electron chi connectivity index (χ0n) is 11.4. The molecular formula is C13H12N2O5S2. The summed E-state index contributed by atoms with van der Waals surface area (Å²) in [6.07, 6.45) is 0. The highest BCUT2D eigenvalue weighted by molar-refractivity contribution is 7.94. The predicted molar refractivity (Wildman–Crippen MR) is 82.8 cm³/mol. The van der Waals surface area contributed by atoms with E-state index in [4.69, 9.17) is 0 Å². The molecule has 0 aliphatic carbocycles. The largest absolute Gasteiger partial charge is 0.478 e. The van der Waals surface area contributed by atoms with Gasteiger partial charge < -0.3 is 10.4 Å². The summed E-state index contributed by atoms with van der Waals surface area (Å²) >= 11 is 1.02. The Morgan fingerprint density at radius 2 is 1.95 bits per heavy atom. The highest BCUT2D eigenvalue weighted by Crippen LogP contribution is 2.25. The zero-order valence-corrected chi connectivity index (χ0v) is 13.0. The normalized spacial score (nSPS) is 11.0. The summed E-state index contributed by atoms with van der Waals surface area (Å²) in [5.41, 5.74) is -0.0645. The molecule has 0 spiro atoms. The number of hydrogen-bond donors (Lipinski definition) is 3. The van der Waals surface area contributed by atoms with Crippen molar-refractivity contribution in [3.05, 3.63) is 41.3 Å². The molecule has 0 fully saturated rings. The van der Waals surface area contributed by atoms with Crippen molar-refractivity contribution in [3.63, 3.8) is 0 Å². The van der Waals surface area contributed by atoms with E-state index in [0.717, 1.165) is 11.3 Å². The molecule has 0 saturated carbocycles. The molecule has 1 amide bonds. The van der Waals surface area contributed by atoms with Crippen LogP contribution in [0.2, 0.25) is 0 Å². The van der Waals surface area contributed by atoms with Gasteiger partial charge in [0.2, 0.25) is 5.91 Å². The van der Waals surface area contributed by atoms with Crippen molar-refractivity contribution in [1.29, 1.82) is 0 Å². The molecule has 0 saturated heterocycles. The summed E-state index contributed by atoms with van der Waals surface area (Å²) in [7, 11) is -3.84. The second-order valence-corrected chi connectivity index (χ2v) is 7.14. The third-order valence-corrected chi connectivity index (χ3v) is 5.34. The van der Waals surface area contributed by atoms with Gasteiger partial charge in [0.15, 0.2) is 0 Å². The van der Waals surface area contributed by atoms with Crippen LogP contribution >= 0.6 is 11.3 Å². The number of amides is 1. The Morgan fingerprint density at radius 1 is 1.23 bits per heavy atom. The number of nitrogens with one attached hydrogen (secondary N) is 2. The number of carboxylic acid groups (broad SMARTS) is 1. The van der Waals surface area contributed by atoms with E-state index < -0.39 is 16.0 Å². The van der Waals surface area contributed by atoms with E-state index in [-0.39, 0.29) is 27.1 Å². The van der Waals surface area contributed by atoms with Crippen LogP contribution in [-0.4, -0.2) is 25.4 Å². The summed E-state index contributed by atoms with van der Waals surface area (Å²) in [5, 5.41) is 13.3. The fraction of sp³-hybridized carbons (Fsp3) is 0.0769. The SMILES string of the molecule is CC(=O)Nc1ccc(NS(=O)(=O)c2cccs2)c(C(=O)O)c1. The average Bonchev–Trinajstić information content (AvgIpc) is 2.94. The van der Waals surface area contributed by atoms with Gasteiger partial charge in [0.1, 0.15) is 4.21 Å². The van der Waals surface area contributed by atoms with Crippen molar-refractivity contribution in [2.24, 2.45) is 0 Å². The molecule has 9 heteroatoms. The molecule has 1 heterocycles. The molecule has 0 atom stereocenters. The van der Waals surface area contributed by atoms with Crippen molar-refractivity contribution in [2.75, 3.05) is 10.0 Å². The number of benzene rings is 1. The molecule has 0 bridgehead atoms. The number of aromatic carboxylic acids is 1. The third-order valence-electron chi connectivity index (χ3n) is 2.57.